The van der Waals surface area contributed by atoms with Gasteiger partial charge in [-0.05, 0) is 71.4 Å². The summed E-state index contributed by atoms with van der Waals surface area (Å²) < 4.78 is 8.64. The summed E-state index contributed by atoms with van der Waals surface area (Å²) in [5.41, 5.74) is 2.37. The molecular weight excluding hydrogens is 462 g/mol. The number of nitrogens with one attached hydrogen (secondary N) is 1. The number of halogens is 3. The molecule has 0 aliphatic heterocycles. The summed E-state index contributed by atoms with van der Waals surface area (Å²) in [6, 6.07) is 12.6. The second-order valence-corrected chi connectivity index (χ2v) is 7.23. The number of rotatable bonds is 5. The lowest BCUT2D eigenvalue weighted by molar-refractivity contribution is 0.338. The van der Waals surface area contributed by atoms with Gasteiger partial charge < -0.3 is 10.1 Å². The molecule has 2 aromatic carbocycles. The second-order valence-electron chi connectivity index (χ2n) is 4.55. The van der Waals surface area contributed by atoms with E-state index in [1.807, 2.05) is 26.1 Å². The molecule has 0 saturated carbocycles. The first-order valence-corrected chi connectivity index (χ1v) is 8.98. The van der Waals surface area contributed by atoms with E-state index in [9.17, 15) is 0 Å². The highest BCUT2D eigenvalue weighted by Gasteiger charge is 2.15. The topological polar surface area (TPSA) is 21.3 Å². The molecule has 0 heterocycles. The highest BCUT2D eigenvalue weighted by atomic mass is 79.9. The summed E-state index contributed by atoms with van der Waals surface area (Å²) in [4.78, 5) is 0. The Kier molecular flexibility index (Phi) is 6.29. The van der Waals surface area contributed by atoms with Crippen molar-refractivity contribution in [3.63, 3.8) is 0 Å². The molecule has 0 aromatic heterocycles. The molecule has 1 unspecified atom stereocenters. The van der Waals surface area contributed by atoms with E-state index in [1.54, 1.807) is 0 Å². The van der Waals surface area contributed by atoms with Crippen LogP contribution in [0.15, 0.2) is 49.8 Å². The van der Waals surface area contributed by atoms with E-state index in [4.69, 9.17) is 4.74 Å². The minimum Gasteiger partial charge on any atom is -0.493 e. The lowest BCUT2D eigenvalue weighted by atomic mass is 9.99. The van der Waals surface area contributed by atoms with Crippen LogP contribution in [0.3, 0.4) is 0 Å². The number of hydrogen-bond acceptors (Lipinski definition) is 2. The summed E-state index contributed by atoms with van der Waals surface area (Å²) in [6.45, 7) is 2.64. The van der Waals surface area contributed by atoms with E-state index in [2.05, 4.69) is 77.4 Å². The third-order valence-corrected chi connectivity index (χ3v) is 4.63. The molecule has 0 saturated heterocycles. The van der Waals surface area contributed by atoms with Gasteiger partial charge in [0.05, 0.1) is 17.1 Å². The maximum atomic E-state index is 5.57. The average molecular weight is 478 g/mol. The predicted octanol–water partition coefficient (Wildman–Crippen LogP) is 5.68. The first-order valence-electron chi connectivity index (χ1n) is 6.60. The van der Waals surface area contributed by atoms with E-state index in [0.29, 0.717) is 6.61 Å². The van der Waals surface area contributed by atoms with Crippen LogP contribution >= 0.6 is 47.8 Å². The molecule has 21 heavy (non-hydrogen) atoms. The van der Waals surface area contributed by atoms with Gasteiger partial charge in [-0.25, -0.2) is 0 Å². The molecule has 1 N–H and O–H groups in total. The van der Waals surface area contributed by atoms with E-state index in [1.165, 1.54) is 11.1 Å². The van der Waals surface area contributed by atoms with Gasteiger partial charge in [-0.2, -0.15) is 0 Å². The van der Waals surface area contributed by atoms with Gasteiger partial charge in [0, 0.05) is 8.95 Å². The number of benzene rings is 2. The van der Waals surface area contributed by atoms with Crippen LogP contribution in [-0.4, -0.2) is 13.7 Å². The first kappa shape index (κ1) is 17.0. The third-order valence-electron chi connectivity index (χ3n) is 3.10. The number of hydrogen-bond donors (Lipinski definition) is 1. The van der Waals surface area contributed by atoms with Crippen molar-refractivity contribution in [3.05, 3.63) is 60.9 Å². The Labute approximate surface area is 150 Å². The molecule has 0 fully saturated rings. The SMILES string of the molecule is CCOc1ccc(C(NC)c2cc(Br)cc(Br)c2)cc1Br. The normalized spacial score (nSPS) is 12.2. The molecule has 2 nitrogen and oxygen atoms in total. The molecule has 2 rings (SSSR count). The van der Waals surface area contributed by atoms with Crippen LogP contribution in [0.5, 0.6) is 5.75 Å². The number of ether oxygens (including phenoxy) is 1. The van der Waals surface area contributed by atoms with Crippen molar-refractivity contribution in [1.82, 2.24) is 5.32 Å². The van der Waals surface area contributed by atoms with Gasteiger partial charge >= 0.3 is 0 Å². The summed E-state index contributed by atoms with van der Waals surface area (Å²) >= 11 is 10.7. The summed E-state index contributed by atoms with van der Waals surface area (Å²) in [5, 5.41) is 3.36. The zero-order chi connectivity index (χ0) is 15.4. The van der Waals surface area contributed by atoms with Crippen molar-refractivity contribution in [2.75, 3.05) is 13.7 Å². The predicted molar refractivity (Wildman–Crippen MR) is 98.1 cm³/mol. The lowest BCUT2D eigenvalue weighted by Gasteiger charge is -2.19. The van der Waals surface area contributed by atoms with Crippen molar-refractivity contribution < 1.29 is 4.74 Å². The van der Waals surface area contributed by atoms with E-state index < -0.39 is 0 Å². The maximum Gasteiger partial charge on any atom is 0.133 e. The van der Waals surface area contributed by atoms with Crippen LogP contribution in [0.2, 0.25) is 0 Å². The molecule has 0 aliphatic rings. The smallest absolute Gasteiger partial charge is 0.133 e. The molecule has 1 atom stereocenters. The average Bonchev–Trinajstić information content (AvgIpc) is 2.41. The molecule has 0 bridgehead atoms. The zero-order valence-electron chi connectivity index (χ0n) is 11.8. The van der Waals surface area contributed by atoms with Gasteiger partial charge in [0.2, 0.25) is 0 Å². The maximum absolute atomic E-state index is 5.57. The fraction of sp³-hybridized carbons (Fsp3) is 0.250. The monoisotopic (exact) mass is 475 g/mol. The summed E-state index contributed by atoms with van der Waals surface area (Å²) in [6.07, 6.45) is 0. The van der Waals surface area contributed by atoms with Crippen LogP contribution in [0.25, 0.3) is 0 Å². The van der Waals surface area contributed by atoms with Crippen LogP contribution < -0.4 is 10.1 Å². The quantitative estimate of drug-likeness (QED) is 0.598. The van der Waals surface area contributed by atoms with E-state index in [0.717, 1.165) is 19.2 Å². The molecule has 2 aromatic rings. The third kappa shape index (κ3) is 4.31. The van der Waals surface area contributed by atoms with Gasteiger partial charge in [-0.15, -0.1) is 0 Å². The van der Waals surface area contributed by atoms with Crippen molar-refractivity contribution in [2.24, 2.45) is 0 Å². The fourth-order valence-electron chi connectivity index (χ4n) is 2.24. The molecular formula is C16H16Br3NO. The van der Waals surface area contributed by atoms with Crippen molar-refractivity contribution in [2.45, 2.75) is 13.0 Å². The summed E-state index contributed by atoms with van der Waals surface area (Å²) in [7, 11) is 1.96. The Hall–Kier alpha value is -0.360. The van der Waals surface area contributed by atoms with Gasteiger partial charge in [0.15, 0.2) is 0 Å². The Morgan fingerprint density at radius 1 is 1.00 bits per heavy atom. The minimum atomic E-state index is 0.116. The molecule has 0 aliphatic carbocycles. The molecule has 0 radical (unpaired) electrons. The van der Waals surface area contributed by atoms with Crippen molar-refractivity contribution >= 4 is 47.8 Å². The molecule has 0 amide bonds. The Morgan fingerprint density at radius 2 is 1.67 bits per heavy atom. The molecule has 5 heteroatoms. The van der Waals surface area contributed by atoms with Crippen LogP contribution in [0.1, 0.15) is 24.1 Å². The molecule has 0 spiro atoms. The van der Waals surface area contributed by atoms with E-state index in [-0.39, 0.29) is 6.04 Å². The second kappa shape index (κ2) is 7.77. The van der Waals surface area contributed by atoms with Gasteiger partial charge in [0.25, 0.3) is 0 Å². The molecule has 112 valence electrons. The minimum absolute atomic E-state index is 0.116. The van der Waals surface area contributed by atoms with Crippen LogP contribution in [0, 0.1) is 0 Å². The summed E-state index contributed by atoms with van der Waals surface area (Å²) in [5.74, 6) is 0.867. The largest absolute Gasteiger partial charge is 0.493 e. The Bertz CT molecular complexity index is 611. The highest BCUT2D eigenvalue weighted by Crippen LogP contribution is 2.32. The Morgan fingerprint density at radius 3 is 2.19 bits per heavy atom. The fourth-order valence-corrected chi connectivity index (χ4v) is 4.08. The van der Waals surface area contributed by atoms with Crippen LogP contribution in [-0.2, 0) is 0 Å². The first-order chi connectivity index (χ1) is 10.0. The highest BCUT2D eigenvalue weighted by molar-refractivity contribution is 9.11. The lowest BCUT2D eigenvalue weighted by Crippen LogP contribution is -2.17. The standard InChI is InChI=1S/C16H16Br3NO/c1-3-21-15-5-4-10(8-14(15)19)16(20-2)11-6-12(17)9-13(18)7-11/h4-9,16,20H,3H2,1-2H3. The van der Waals surface area contributed by atoms with Gasteiger partial charge in [-0.3, -0.25) is 0 Å². The van der Waals surface area contributed by atoms with Crippen LogP contribution in [0.4, 0.5) is 0 Å². The van der Waals surface area contributed by atoms with Crippen molar-refractivity contribution in [3.8, 4) is 5.75 Å². The van der Waals surface area contributed by atoms with Gasteiger partial charge in [0.1, 0.15) is 5.75 Å². The van der Waals surface area contributed by atoms with Crippen molar-refractivity contribution in [1.29, 1.82) is 0 Å². The van der Waals surface area contributed by atoms with Gasteiger partial charge in [-0.1, -0.05) is 37.9 Å². The Balaban J connectivity index is 2.39. The zero-order valence-corrected chi connectivity index (χ0v) is 16.5. The van der Waals surface area contributed by atoms with E-state index >= 15 is 0 Å².